The van der Waals surface area contributed by atoms with Crippen LogP contribution in [0, 0.1) is 0 Å². The fourth-order valence-corrected chi connectivity index (χ4v) is 3.33. The monoisotopic (exact) mass is 423 g/mol. The van der Waals surface area contributed by atoms with Gasteiger partial charge in [0.25, 0.3) is 5.91 Å². The van der Waals surface area contributed by atoms with Crippen LogP contribution in [-0.2, 0) is 14.6 Å². The van der Waals surface area contributed by atoms with Crippen molar-refractivity contribution in [1.29, 1.82) is 0 Å². The maximum Gasteiger partial charge on any atom is 0.251 e. The molecule has 0 radical (unpaired) electrons. The second kappa shape index (κ2) is 10.1. The van der Waals surface area contributed by atoms with Crippen molar-refractivity contribution < 1.29 is 18.0 Å². The molecule has 1 aliphatic rings. The van der Waals surface area contributed by atoms with E-state index < -0.39 is 21.8 Å². The Morgan fingerprint density at radius 3 is 2.35 bits per heavy atom. The van der Waals surface area contributed by atoms with Gasteiger partial charge >= 0.3 is 0 Å². The van der Waals surface area contributed by atoms with Crippen molar-refractivity contribution in [3.8, 4) is 0 Å². The number of hydrogen-bond donors (Lipinski definition) is 2. The van der Waals surface area contributed by atoms with Gasteiger partial charge in [0.05, 0.1) is 5.75 Å². The lowest BCUT2D eigenvalue weighted by molar-refractivity contribution is -0.133. The summed E-state index contributed by atoms with van der Waals surface area (Å²) in [4.78, 5) is 26.7. The topological polar surface area (TPSA) is 95.6 Å². The summed E-state index contributed by atoms with van der Waals surface area (Å²) in [5, 5.41) is 6.31. The molecule has 0 spiro atoms. The molecule has 146 valence electrons. The Hall–Kier alpha value is -1.35. The van der Waals surface area contributed by atoms with E-state index in [0.717, 1.165) is 6.26 Å². The van der Waals surface area contributed by atoms with E-state index in [1.807, 2.05) is 0 Å². The standard InChI is InChI=1S/C16H22ClN3O4S.ClH/c1-25(23,24)11-6-14(16(22)20-9-7-18-8-10-20)19-15(21)12-2-4-13(17)5-3-12;/h2-5,14,18H,6-11H2,1H3,(H,19,21);1H. The Kier molecular flexibility index (Phi) is 8.82. The lowest BCUT2D eigenvalue weighted by atomic mass is 10.1. The third kappa shape index (κ3) is 7.11. The summed E-state index contributed by atoms with van der Waals surface area (Å²) in [7, 11) is -3.24. The molecule has 1 atom stereocenters. The average Bonchev–Trinajstić information content (AvgIpc) is 2.58. The molecule has 10 heteroatoms. The molecule has 2 N–H and O–H groups in total. The normalized spacial score (nSPS) is 15.7. The first-order valence-corrected chi connectivity index (χ1v) is 10.4. The zero-order valence-corrected chi connectivity index (χ0v) is 16.8. The van der Waals surface area contributed by atoms with Gasteiger partial charge < -0.3 is 15.5 Å². The number of benzene rings is 1. The van der Waals surface area contributed by atoms with E-state index in [2.05, 4.69) is 10.6 Å². The second-order valence-electron chi connectivity index (χ2n) is 6.03. The number of carbonyl (C=O) groups excluding carboxylic acids is 2. The first-order chi connectivity index (χ1) is 11.8. The molecule has 0 bridgehead atoms. The van der Waals surface area contributed by atoms with Gasteiger partial charge in [-0.1, -0.05) is 11.6 Å². The van der Waals surface area contributed by atoms with E-state index in [9.17, 15) is 18.0 Å². The van der Waals surface area contributed by atoms with Crippen LogP contribution in [0.5, 0.6) is 0 Å². The molecule has 1 unspecified atom stereocenters. The molecule has 0 aromatic heterocycles. The SMILES string of the molecule is CS(=O)(=O)CCC(NC(=O)c1ccc(Cl)cc1)C(=O)N1CCNCC1.Cl. The number of carbonyl (C=O) groups is 2. The molecule has 1 aromatic rings. The predicted octanol–water partition coefficient (Wildman–Crippen LogP) is 0.727. The molecule has 0 saturated carbocycles. The Balaban J connectivity index is 0.00000338. The van der Waals surface area contributed by atoms with Gasteiger partial charge in [0.1, 0.15) is 15.9 Å². The van der Waals surface area contributed by atoms with Gasteiger partial charge in [0.15, 0.2) is 0 Å². The molecule has 1 aliphatic heterocycles. The van der Waals surface area contributed by atoms with Crippen molar-refractivity contribution >= 4 is 45.7 Å². The molecular weight excluding hydrogens is 401 g/mol. The van der Waals surface area contributed by atoms with Crippen LogP contribution in [0.1, 0.15) is 16.8 Å². The van der Waals surface area contributed by atoms with E-state index in [1.165, 1.54) is 0 Å². The van der Waals surface area contributed by atoms with Gasteiger partial charge in [0.2, 0.25) is 5.91 Å². The molecule has 0 aliphatic carbocycles. The Bertz CT molecular complexity index is 720. The van der Waals surface area contributed by atoms with E-state index >= 15 is 0 Å². The molecular formula is C16H23Cl2N3O4S. The van der Waals surface area contributed by atoms with Gasteiger partial charge in [-0.3, -0.25) is 9.59 Å². The fourth-order valence-electron chi connectivity index (χ4n) is 2.54. The number of nitrogens with zero attached hydrogens (tertiary/aromatic N) is 1. The zero-order valence-electron chi connectivity index (χ0n) is 14.4. The predicted molar refractivity (Wildman–Crippen MR) is 104 cm³/mol. The summed E-state index contributed by atoms with van der Waals surface area (Å²) < 4.78 is 22.9. The van der Waals surface area contributed by atoms with Crippen molar-refractivity contribution in [3.63, 3.8) is 0 Å². The summed E-state index contributed by atoms with van der Waals surface area (Å²) in [5.41, 5.74) is 0.363. The van der Waals surface area contributed by atoms with Crippen LogP contribution in [0.3, 0.4) is 0 Å². The highest BCUT2D eigenvalue weighted by molar-refractivity contribution is 7.90. The van der Waals surface area contributed by atoms with Crippen molar-refractivity contribution in [2.45, 2.75) is 12.5 Å². The second-order valence-corrected chi connectivity index (χ2v) is 8.72. The summed E-state index contributed by atoms with van der Waals surface area (Å²) in [6.07, 6.45) is 1.15. The largest absolute Gasteiger partial charge is 0.340 e. The molecule has 1 aromatic carbocycles. The first-order valence-electron chi connectivity index (χ1n) is 8.00. The third-order valence-corrected chi connectivity index (χ3v) is 5.15. The first kappa shape index (κ1) is 22.7. The van der Waals surface area contributed by atoms with Crippen LogP contribution in [0.4, 0.5) is 0 Å². The Morgan fingerprint density at radius 2 is 1.81 bits per heavy atom. The van der Waals surface area contributed by atoms with Crippen LogP contribution in [0.15, 0.2) is 24.3 Å². The molecule has 2 amide bonds. The third-order valence-electron chi connectivity index (χ3n) is 3.92. The summed E-state index contributed by atoms with van der Waals surface area (Å²) in [6, 6.07) is 5.40. The fraction of sp³-hybridized carbons (Fsp3) is 0.500. The number of nitrogens with one attached hydrogen (secondary N) is 2. The van der Waals surface area contributed by atoms with Crippen molar-refractivity contribution in [3.05, 3.63) is 34.9 Å². The van der Waals surface area contributed by atoms with Crippen molar-refractivity contribution in [2.75, 3.05) is 38.2 Å². The smallest absolute Gasteiger partial charge is 0.251 e. The highest BCUT2D eigenvalue weighted by Gasteiger charge is 2.28. The van der Waals surface area contributed by atoms with E-state index in [-0.39, 0.29) is 30.5 Å². The quantitative estimate of drug-likeness (QED) is 0.702. The highest BCUT2D eigenvalue weighted by atomic mass is 35.5. The molecule has 1 saturated heterocycles. The van der Waals surface area contributed by atoms with Crippen LogP contribution >= 0.6 is 24.0 Å². The Morgan fingerprint density at radius 1 is 1.23 bits per heavy atom. The molecule has 26 heavy (non-hydrogen) atoms. The number of sulfone groups is 1. The summed E-state index contributed by atoms with van der Waals surface area (Å²) >= 11 is 5.81. The lowest BCUT2D eigenvalue weighted by Crippen LogP contribution is -2.54. The summed E-state index contributed by atoms with van der Waals surface area (Å²) in [6.45, 7) is 2.42. The zero-order chi connectivity index (χ0) is 18.4. The molecule has 2 rings (SSSR count). The number of halogens is 2. The maximum absolute atomic E-state index is 12.7. The summed E-state index contributed by atoms with van der Waals surface area (Å²) in [5.74, 6) is -0.859. The molecule has 1 heterocycles. The van der Waals surface area contributed by atoms with Crippen LogP contribution in [0.2, 0.25) is 5.02 Å². The van der Waals surface area contributed by atoms with Gasteiger partial charge in [-0.25, -0.2) is 8.42 Å². The van der Waals surface area contributed by atoms with Gasteiger partial charge in [-0.05, 0) is 30.7 Å². The van der Waals surface area contributed by atoms with Crippen molar-refractivity contribution in [2.24, 2.45) is 0 Å². The molecule has 7 nitrogen and oxygen atoms in total. The van der Waals surface area contributed by atoms with E-state index in [4.69, 9.17) is 11.6 Å². The maximum atomic E-state index is 12.7. The highest BCUT2D eigenvalue weighted by Crippen LogP contribution is 2.11. The average molecular weight is 424 g/mol. The number of amides is 2. The van der Waals surface area contributed by atoms with Gasteiger partial charge in [-0.15, -0.1) is 12.4 Å². The minimum atomic E-state index is -3.24. The van der Waals surface area contributed by atoms with Crippen LogP contribution in [0.25, 0.3) is 0 Å². The number of hydrogen-bond acceptors (Lipinski definition) is 5. The Labute approximate surface area is 164 Å². The number of piperazine rings is 1. The van der Waals surface area contributed by atoms with E-state index in [1.54, 1.807) is 29.2 Å². The van der Waals surface area contributed by atoms with Crippen molar-refractivity contribution in [1.82, 2.24) is 15.5 Å². The number of rotatable bonds is 6. The van der Waals surface area contributed by atoms with E-state index in [0.29, 0.717) is 36.8 Å². The lowest BCUT2D eigenvalue weighted by Gasteiger charge is -2.31. The van der Waals surface area contributed by atoms with Gasteiger partial charge in [0, 0.05) is 43.0 Å². The molecule has 1 fully saturated rings. The van der Waals surface area contributed by atoms with Crippen LogP contribution in [-0.4, -0.2) is 69.4 Å². The minimum absolute atomic E-state index is 0. The van der Waals surface area contributed by atoms with Gasteiger partial charge in [-0.2, -0.15) is 0 Å². The minimum Gasteiger partial charge on any atom is -0.340 e. The van der Waals surface area contributed by atoms with Crippen LogP contribution < -0.4 is 10.6 Å².